The van der Waals surface area contributed by atoms with E-state index < -0.39 is 23.8 Å². The Morgan fingerprint density at radius 3 is 2.53 bits per heavy atom. The minimum Gasteiger partial charge on any atom is -0.497 e. The fraction of sp³-hybridized carbons (Fsp3) is 0.417. The maximum atomic E-state index is 12.9. The third-order valence-electron chi connectivity index (χ3n) is 2.57. The van der Waals surface area contributed by atoms with Crippen LogP contribution in [0, 0.1) is 0 Å². The van der Waals surface area contributed by atoms with Crippen LogP contribution in [0.5, 0.6) is 5.75 Å². The van der Waals surface area contributed by atoms with E-state index in [1.54, 1.807) is 6.92 Å². The molecule has 1 aromatic carbocycles. The van der Waals surface area contributed by atoms with Gasteiger partial charge in [0.15, 0.2) is 0 Å². The van der Waals surface area contributed by atoms with Gasteiger partial charge in [0, 0.05) is 5.69 Å². The Morgan fingerprint density at radius 2 is 2.11 bits per heavy atom. The summed E-state index contributed by atoms with van der Waals surface area (Å²) in [7, 11) is 1.26. The maximum absolute atomic E-state index is 12.9. The zero-order valence-electron chi connectivity index (χ0n) is 10.4. The van der Waals surface area contributed by atoms with Gasteiger partial charge in [0.05, 0.1) is 12.7 Å². The molecule has 0 amide bonds. The Labute approximate surface area is 108 Å². The number of hydrogen-bond donors (Lipinski definition) is 2. The van der Waals surface area contributed by atoms with Crippen LogP contribution in [0.2, 0.25) is 0 Å². The number of aliphatic carboxylic acids is 1. The van der Waals surface area contributed by atoms with E-state index in [-0.39, 0.29) is 17.9 Å². The number of hydrogen-bond acceptors (Lipinski definition) is 3. The molecular weight excluding hydrogens is 263 g/mol. The monoisotopic (exact) mass is 277 g/mol. The quantitative estimate of drug-likeness (QED) is 0.868. The Morgan fingerprint density at radius 1 is 1.47 bits per heavy atom. The molecule has 0 fully saturated rings. The molecule has 0 aromatic heterocycles. The molecule has 0 aliphatic rings. The van der Waals surface area contributed by atoms with Crippen molar-refractivity contribution in [2.24, 2.45) is 0 Å². The summed E-state index contributed by atoms with van der Waals surface area (Å²) in [6, 6.07) is 2.26. The summed E-state index contributed by atoms with van der Waals surface area (Å²) in [6.45, 7) is 1.57. The molecular formula is C12H14F3NO3. The van der Waals surface area contributed by atoms with Gasteiger partial charge in [-0.2, -0.15) is 13.2 Å². The number of alkyl halides is 3. The SMILES string of the molecule is CCC(Nc1ccc(OC)cc1C(F)(F)F)C(=O)O. The van der Waals surface area contributed by atoms with E-state index in [9.17, 15) is 18.0 Å². The normalized spacial score (nSPS) is 12.9. The molecule has 2 N–H and O–H groups in total. The highest BCUT2D eigenvalue weighted by molar-refractivity contribution is 5.77. The van der Waals surface area contributed by atoms with Crippen molar-refractivity contribution in [1.29, 1.82) is 0 Å². The van der Waals surface area contributed by atoms with Gasteiger partial charge in [0.1, 0.15) is 11.8 Å². The van der Waals surface area contributed by atoms with Crippen molar-refractivity contribution in [3.05, 3.63) is 23.8 Å². The van der Waals surface area contributed by atoms with E-state index in [2.05, 4.69) is 5.32 Å². The standard InChI is InChI=1S/C12H14F3NO3/c1-3-9(11(17)18)16-10-5-4-7(19-2)6-8(10)12(13,14)15/h4-6,9,16H,3H2,1-2H3,(H,17,18). The van der Waals surface area contributed by atoms with Crippen molar-refractivity contribution in [3.63, 3.8) is 0 Å². The number of halogens is 3. The number of carboxylic acids is 1. The molecule has 0 heterocycles. The van der Waals surface area contributed by atoms with Crippen molar-refractivity contribution < 1.29 is 27.8 Å². The molecule has 19 heavy (non-hydrogen) atoms. The number of ether oxygens (including phenoxy) is 1. The fourth-order valence-corrected chi connectivity index (χ4v) is 1.54. The summed E-state index contributed by atoms with van der Waals surface area (Å²) in [5.41, 5.74) is -1.23. The molecule has 1 aromatic rings. The van der Waals surface area contributed by atoms with Gasteiger partial charge in [-0.25, -0.2) is 4.79 Å². The predicted molar refractivity (Wildman–Crippen MR) is 63.3 cm³/mol. The van der Waals surface area contributed by atoms with Gasteiger partial charge in [0.25, 0.3) is 0 Å². The van der Waals surface area contributed by atoms with Gasteiger partial charge < -0.3 is 15.2 Å². The second kappa shape index (κ2) is 5.81. The van der Waals surface area contributed by atoms with Crippen LogP contribution < -0.4 is 10.1 Å². The Hall–Kier alpha value is -1.92. The summed E-state index contributed by atoms with van der Waals surface area (Å²) in [4.78, 5) is 10.9. The number of methoxy groups -OCH3 is 1. The first-order chi connectivity index (χ1) is 8.79. The molecule has 1 rings (SSSR count). The van der Waals surface area contributed by atoms with Crippen molar-refractivity contribution in [3.8, 4) is 5.75 Å². The first-order valence-electron chi connectivity index (χ1n) is 5.54. The lowest BCUT2D eigenvalue weighted by Gasteiger charge is -2.19. The van der Waals surface area contributed by atoms with E-state index in [0.29, 0.717) is 0 Å². The van der Waals surface area contributed by atoms with Crippen LogP contribution in [0.15, 0.2) is 18.2 Å². The van der Waals surface area contributed by atoms with Gasteiger partial charge >= 0.3 is 12.1 Å². The summed E-state index contributed by atoms with van der Waals surface area (Å²) in [6.07, 6.45) is -4.42. The molecule has 0 radical (unpaired) electrons. The lowest BCUT2D eigenvalue weighted by atomic mass is 10.1. The van der Waals surface area contributed by atoms with Crippen LogP contribution in [0.3, 0.4) is 0 Å². The van der Waals surface area contributed by atoms with Gasteiger partial charge in [-0.3, -0.25) is 0 Å². The first-order valence-corrected chi connectivity index (χ1v) is 5.54. The van der Waals surface area contributed by atoms with Crippen LogP contribution >= 0.6 is 0 Å². The first kappa shape index (κ1) is 15.1. The molecule has 0 saturated heterocycles. The number of rotatable bonds is 5. The van der Waals surface area contributed by atoms with E-state index >= 15 is 0 Å². The Balaban J connectivity index is 3.16. The van der Waals surface area contributed by atoms with E-state index in [4.69, 9.17) is 9.84 Å². The highest BCUT2D eigenvalue weighted by Gasteiger charge is 2.34. The van der Waals surface area contributed by atoms with Crippen LogP contribution in [0.25, 0.3) is 0 Å². The number of carbonyl (C=O) groups is 1. The number of nitrogens with one attached hydrogen (secondary N) is 1. The average molecular weight is 277 g/mol. The molecule has 0 spiro atoms. The molecule has 0 saturated carbocycles. The Kier molecular flexibility index (Phi) is 4.63. The largest absolute Gasteiger partial charge is 0.497 e. The topological polar surface area (TPSA) is 58.6 Å². The zero-order chi connectivity index (χ0) is 14.6. The van der Waals surface area contributed by atoms with Gasteiger partial charge in [0.2, 0.25) is 0 Å². The van der Waals surface area contributed by atoms with Gasteiger partial charge in [-0.1, -0.05) is 6.92 Å². The summed E-state index contributed by atoms with van der Waals surface area (Å²) in [5.74, 6) is -1.15. The molecule has 7 heteroatoms. The third kappa shape index (κ3) is 3.77. The average Bonchev–Trinajstić information content (AvgIpc) is 2.34. The minimum absolute atomic E-state index is 0.0567. The second-order valence-electron chi connectivity index (χ2n) is 3.85. The molecule has 106 valence electrons. The van der Waals surface area contributed by atoms with E-state index in [1.165, 1.54) is 13.2 Å². The summed E-state index contributed by atoms with van der Waals surface area (Å²) >= 11 is 0. The maximum Gasteiger partial charge on any atom is 0.418 e. The van der Waals surface area contributed by atoms with Crippen LogP contribution in [0.1, 0.15) is 18.9 Å². The minimum atomic E-state index is -4.59. The van der Waals surface area contributed by atoms with E-state index in [0.717, 1.165) is 12.1 Å². The molecule has 0 aliphatic heterocycles. The smallest absolute Gasteiger partial charge is 0.418 e. The van der Waals surface area contributed by atoms with Gasteiger partial charge in [-0.15, -0.1) is 0 Å². The summed E-state index contributed by atoms with van der Waals surface area (Å²) < 4.78 is 43.4. The molecule has 1 unspecified atom stereocenters. The predicted octanol–water partition coefficient (Wildman–Crippen LogP) is 2.99. The molecule has 0 aliphatic carbocycles. The molecule has 1 atom stereocenters. The number of carboxylic acid groups (broad SMARTS) is 1. The summed E-state index contributed by atoms with van der Waals surface area (Å²) in [5, 5.41) is 11.2. The second-order valence-corrected chi connectivity index (χ2v) is 3.85. The van der Waals surface area contributed by atoms with E-state index in [1.807, 2.05) is 0 Å². The van der Waals surface area contributed by atoms with Crippen molar-refractivity contribution in [1.82, 2.24) is 0 Å². The fourth-order valence-electron chi connectivity index (χ4n) is 1.54. The third-order valence-corrected chi connectivity index (χ3v) is 2.57. The highest BCUT2D eigenvalue weighted by atomic mass is 19.4. The molecule has 4 nitrogen and oxygen atoms in total. The molecule has 0 bridgehead atoms. The highest BCUT2D eigenvalue weighted by Crippen LogP contribution is 2.37. The van der Waals surface area contributed by atoms with Crippen LogP contribution in [0.4, 0.5) is 18.9 Å². The van der Waals surface area contributed by atoms with Crippen molar-refractivity contribution in [2.45, 2.75) is 25.6 Å². The lowest BCUT2D eigenvalue weighted by molar-refractivity contribution is -0.139. The zero-order valence-corrected chi connectivity index (χ0v) is 10.4. The van der Waals surface area contributed by atoms with Crippen molar-refractivity contribution >= 4 is 11.7 Å². The number of benzene rings is 1. The number of anilines is 1. The van der Waals surface area contributed by atoms with Crippen LogP contribution in [-0.4, -0.2) is 24.2 Å². The van der Waals surface area contributed by atoms with Crippen LogP contribution in [-0.2, 0) is 11.0 Å². The van der Waals surface area contributed by atoms with Crippen molar-refractivity contribution in [2.75, 3.05) is 12.4 Å². The lowest BCUT2D eigenvalue weighted by Crippen LogP contribution is -2.29. The van der Waals surface area contributed by atoms with Gasteiger partial charge in [-0.05, 0) is 24.6 Å². The Bertz CT molecular complexity index is 460.